The summed E-state index contributed by atoms with van der Waals surface area (Å²) in [6, 6.07) is 7.53. The Hall–Kier alpha value is -1.34. The van der Waals surface area contributed by atoms with Gasteiger partial charge in [-0.2, -0.15) is 0 Å². The second-order valence-corrected chi connectivity index (χ2v) is 4.29. The van der Waals surface area contributed by atoms with Crippen LogP contribution < -0.4 is 11.5 Å². The molecule has 0 aromatic heterocycles. The van der Waals surface area contributed by atoms with Crippen LogP contribution in [0, 0.1) is 0 Å². The molecule has 1 rings (SSSR count). The number of thiol groups is 2. The van der Waals surface area contributed by atoms with Gasteiger partial charge in [0, 0.05) is 0 Å². The molecule has 0 saturated carbocycles. The van der Waals surface area contributed by atoms with Crippen LogP contribution >= 0.6 is 25.3 Å². The first-order chi connectivity index (χ1) is 8.81. The highest BCUT2D eigenvalue weighted by atomic mass is 32.1. The fourth-order valence-electron chi connectivity index (χ4n) is 1.09. The molecule has 0 bridgehead atoms. The molecule has 5 N–H and O–H groups in total. The van der Waals surface area contributed by atoms with Crippen molar-refractivity contribution in [3.05, 3.63) is 29.8 Å². The molecule has 0 heterocycles. The number of benzene rings is 1. The summed E-state index contributed by atoms with van der Waals surface area (Å²) in [4.78, 5) is 18.2. The summed E-state index contributed by atoms with van der Waals surface area (Å²) in [7, 11) is 0. The van der Waals surface area contributed by atoms with Crippen molar-refractivity contribution in [2.45, 2.75) is 26.2 Å². The number of hydrogen-bond acceptors (Lipinski definition) is 3. The van der Waals surface area contributed by atoms with E-state index in [1.165, 1.54) is 6.42 Å². The van der Waals surface area contributed by atoms with Gasteiger partial charge >= 0.3 is 0 Å². The lowest BCUT2D eigenvalue weighted by Gasteiger charge is -2.01. The third-order valence-corrected chi connectivity index (χ3v) is 1.79. The number of amides is 2. The van der Waals surface area contributed by atoms with E-state index < -0.39 is 10.5 Å². The number of phenolic OH excluding ortho intramolecular Hbond substituents is 1. The highest BCUT2D eigenvalue weighted by Crippen LogP contribution is 2.17. The first kappa shape index (κ1) is 20.0. The smallest absolute Gasteiger partial charge is 0.273 e. The van der Waals surface area contributed by atoms with Gasteiger partial charge in [0.2, 0.25) is 0 Å². The van der Waals surface area contributed by atoms with Crippen molar-refractivity contribution in [2.75, 3.05) is 0 Å². The van der Waals surface area contributed by atoms with Gasteiger partial charge in [-0.25, -0.2) is 0 Å². The molecule has 108 valence electrons. The molecule has 5 nitrogen and oxygen atoms in total. The molecule has 0 unspecified atom stereocenters. The van der Waals surface area contributed by atoms with Crippen LogP contribution in [0.15, 0.2) is 24.3 Å². The Labute approximate surface area is 124 Å². The zero-order chi connectivity index (χ0) is 15.3. The molecule has 1 aromatic rings. The number of para-hydroxylation sites is 1. The van der Waals surface area contributed by atoms with Crippen LogP contribution in [0.3, 0.4) is 0 Å². The maximum Gasteiger partial charge on any atom is 0.273 e. The third kappa shape index (κ3) is 19.2. The number of phenols is 1. The van der Waals surface area contributed by atoms with Gasteiger partial charge in [0.15, 0.2) is 0 Å². The molecular formula is C12H20N2O3S2. The van der Waals surface area contributed by atoms with Gasteiger partial charge in [-0.3, -0.25) is 9.59 Å². The van der Waals surface area contributed by atoms with Gasteiger partial charge in [0.05, 0.1) is 0 Å². The fraction of sp³-hybridized carbons (Fsp3) is 0.333. The zero-order valence-electron chi connectivity index (χ0n) is 10.7. The van der Waals surface area contributed by atoms with Gasteiger partial charge in [-0.1, -0.05) is 56.8 Å². The molecule has 0 aliphatic carbocycles. The van der Waals surface area contributed by atoms with E-state index in [0.29, 0.717) is 5.75 Å². The van der Waals surface area contributed by atoms with E-state index in [-0.39, 0.29) is 0 Å². The normalized spacial score (nSPS) is 8.37. The summed E-state index contributed by atoms with van der Waals surface area (Å²) in [5.74, 6) is 0.431. The van der Waals surface area contributed by atoms with E-state index in [1.807, 2.05) is 18.2 Å². The van der Waals surface area contributed by atoms with Crippen LogP contribution in [0.5, 0.6) is 5.75 Å². The monoisotopic (exact) mass is 304 g/mol. The van der Waals surface area contributed by atoms with Crippen molar-refractivity contribution in [1.82, 2.24) is 0 Å². The number of unbranched alkanes of at least 4 members (excludes halogenated alkanes) is 1. The minimum atomic E-state index is -0.639. The number of aromatic hydroxyl groups is 1. The molecule has 0 saturated heterocycles. The maximum atomic E-state index is 9.34. The molecule has 1 aromatic carbocycles. The third-order valence-electron chi connectivity index (χ3n) is 1.79. The average molecular weight is 304 g/mol. The van der Waals surface area contributed by atoms with Crippen molar-refractivity contribution in [1.29, 1.82) is 0 Å². The maximum absolute atomic E-state index is 9.34. The predicted octanol–water partition coefficient (Wildman–Crippen LogP) is 2.72. The molecule has 7 heteroatoms. The Bertz CT molecular complexity index is 367. The van der Waals surface area contributed by atoms with Gasteiger partial charge in [-0.05, 0) is 24.5 Å². The molecule has 0 aliphatic heterocycles. The highest BCUT2D eigenvalue weighted by molar-refractivity contribution is 7.96. The molecule has 2 amide bonds. The van der Waals surface area contributed by atoms with Crippen LogP contribution in [-0.4, -0.2) is 15.6 Å². The first-order valence-corrected chi connectivity index (χ1v) is 6.44. The topological polar surface area (TPSA) is 106 Å². The molecule has 0 fully saturated rings. The van der Waals surface area contributed by atoms with Crippen LogP contribution in [0.2, 0.25) is 0 Å². The number of aryl methyl sites for hydroxylation is 1. The van der Waals surface area contributed by atoms with E-state index in [2.05, 4.69) is 43.6 Å². The summed E-state index contributed by atoms with van der Waals surface area (Å²) in [6.07, 6.45) is 3.31. The quantitative estimate of drug-likeness (QED) is 0.554. The van der Waals surface area contributed by atoms with Crippen LogP contribution in [0.1, 0.15) is 25.3 Å². The van der Waals surface area contributed by atoms with Crippen molar-refractivity contribution in [2.24, 2.45) is 11.5 Å². The Morgan fingerprint density at radius 2 is 1.58 bits per heavy atom. The predicted molar refractivity (Wildman–Crippen MR) is 83.9 cm³/mol. The van der Waals surface area contributed by atoms with E-state index >= 15 is 0 Å². The minimum Gasteiger partial charge on any atom is -0.508 e. The number of nitrogens with two attached hydrogens (primary N) is 2. The van der Waals surface area contributed by atoms with Crippen LogP contribution in [0.25, 0.3) is 0 Å². The van der Waals surface area contributed by atoms with E-state index in [1.54, 1.807) is 6.07 Å². The Morgan fingerprint density at radius 1 is 1.16 bits per heavy atom. The average Bonchev–Trinajstić information content (AvgIpc) is 2.26. The van der Waals surface area contributed by atoms with Crippen molar-refractivity contribution < 1.29 is 14.7 Å². The summed E-state index contributed by atoms with van der Waals surface area (Å²) >= 11 is 6.21. The number of hydrogen-bond donors (Lipinski definition) is 5. The Kier molecular flexibility index (Phi) is 13.8. The summed E-state index contributed by atoms with van der Waals surface area (Å²) in [5, 5.41) is 8.06. The minimum absolute atomic E-state index is 0.431. The molecular weight excluding hydrogens is 284 g/mol. The molecule has 0 spiro atoms. The van der Waals surface area contributed by atoms with Gasteiger partial charge in [0.25, 0.3) is 10.5 Å². The van der Waals surface area contributed by atoms with Gasteiger partial charge in [0.1, 0.15) is 5.75 Å². The summed E-state index contributed by atoms with van der Waals surface area (Å²) in [5.41, 5.74) is 9.74. The standard InChI is InChI=1S/C10H14O.2CH3NOS/c1-2-3-6-9-7-4-5-8-10(9)11;2*2-1(3)4/h4-5,7-8,11H,2-3,6H2,1H3;2*(H3,2,3,4). The summed E-state index contributed by atoms with van der Waals surface area (Å²) in [6.45, 7) is 2.15. The number of carbonyl (C=O) groups is 2. The van der Waals surface area contributed by atoms with E-state index in [9.17, 15) is 5.11 Å². The lowest BCUT2D eigenvalue weighted by atomic mass is 10.1. The zero-order valence-corrected chi connectivity index (χ0v) is 12.5. The number of carbonyl (C=O) groups excluding carboxylic acids is 2. The number of primary amides is 2. The Morgan fingerprint density at radius 3 is 1.95 bits per heavy atom. The highest BCUT2D eigenvalue weighted by Gasteiger charge is 1.96. The summed E-state index contributed by atoms with van der Waals surface area (Å²) < 4.78 is 0. The van der Waals surface area contributed by atoms with Crippen LogP contribution in [0.4, 0.5) is 9.59 Å². The lowest BCUT2D eigenvalue weighted by Crippen LogP contribution is -1.95. The SMILES string of the molecule is CCCCc1ccccc1O.NC(=O)S.NC(=O)S. The van der Waals surface area contributed by atoms with Crippen molar-refractivity contribution in [3.63, 3.8) is 0 Å². The second-order valence-electron chi connectivity index (χ2n) is 3.41. The lowest BCUT2D eigenvalue weighted by molar-refractivity contribution is 0.266. The molecule has 0 radical (unpaired) electrons. The number of rotatable bonds is 3. The fourth-order valence-corrected chi connectivity index (χ4v) is 1.09. The Balaban J connectivity index is 0. The first-order valence-electron chi connectivity index (χ1n) is 5.54. The van der Waals surface area contributed by atoms with Gasteiger partial charge < -0.3 is 16.6 Å². The van der Waals surface area contributed by atoms with Crippen molar-refractivity contribution >= 4 is 35.7 Å². The van der Waals surface area contributed by atoms with Gasteiger partial charge in [-0.15, -0.1) is 0 Å². The largest absolute Gasteiger partial charge is 0.508 e. The van der Waals surface area contributed by atoms with E-state index in [0.717, 1.165) is 18.4 Å². The molecule has 19 heavy (non-hydrogen) atoms. The second kappa shape index (κ2) is 13.1. The molecule has 0 aliphatic rings. The molecule has 0 atom stereocenters. The van der Waals surface area contributed by atoms with Crippen molar-refractivity contribution in [3.8, 4) is 5.75 Å². The van der Waals surface area contributed by atoms with E-state index in [4.69, 9.17) is 9.59 Å². The van der Waals surface area contributed by atoms with Crippen LogP contribution in [-0.2, 0) is 6.42 Å².